The zero-order valence-electron chi connectivity index (χ0n) is 13.9. The molecular formula is C19H17N3O3. The van der Waals surface area contributed by atoms with Crippen LogP contribution in [0.15, 0.2) is 53.1 Å². The first-order chi connectivity index (χ1) is 12.0. The van der Waals surface area contributed by atoms with Crippen LogP contribution in [-0.2, 0) is 4.79 Å². The SMILES string of the molecule is Cc1cc(C(=O)NNC(=O)/C=C/c2cccc3cccnc23)c(C)o1. The lowest BCUT2D eigenvalue weighted by Crippen LogP contribution is -2.40. The van der Waals surface area contributed by atoms with E-state index in [1.54, 1.807) is 32.2 Å². The van der Waals surface area contributed by atoms with E-state index in [2.05, 4.69) is 15.8 Å². The molecule has 2 aromatic heterocycles. The molecule has 3 aromatic rings. The smallest absolute Gasteiger partial charge is 0.273 e. The van der Waals surface area contributed by atoms with Crippen LogP contribution in [0.5, 0.6) is 0 Å². The zero-order valence-corrected chi connectivity index (χ0v) is 13.9. The highest BCUT2D eigenvalue weighted by molar-refractivity contribution is 5.99. The number of pyridine rings is 1. The maximum atomic E-state index is 12.0. The number of rotatable bonds is 3. The van der Waals surface area contributed by atoms with Gasteiger partial charge in [-0.3, -0.25) is 25.4 Å². The number of amides is 2. The number of fused-ring (bicyclic) bond motifs is 1. The van der Waals surface area contributed by atoms with Crippen LogP contribution in [0, 0.1) is 13.8 Å². The van der Waals surface area contributed by atoms with Crippen molar-refractivity contribution in [3.8, 4) is 0 Å². The average molecular weight is 335 g/mol. The summed E-state index contributed by atoms with van der Waals surface area (Å²) < 4.78 is 5.29. The molecular weight excluding hydrogens is 318 g/mol. The molecule has 0 saturated carbocycles. The number of aromatic nitrogens is 1. The van der Waals surface area contributed by atoms with Crippen molar-refractivity contribution in [2.45, 2.75) is 13.8 Å². The van der Waals surface area contributed by atoms with E-state index < -0.39 is 11.8 Å². The van der Waals surface area contributed by atoms with Gasteiger partial charge < -0.3 is 4.42 Å². The fourth-order valence-corrected chi connectivity index (χ4v) is 2.51. The van der Waals surface area contributed by atoms with Gasteiger partial charge in [0.2, 0.25) is 0 Å². The second kappa shape index (κ2) is 7.00. The van der Waals surface area contributed by atoms with Crippen molar-refractivity contribution in [2.24, 2.45) is 0 Å². The summed E-state index contributed by atoms with van der Waals surface area (Å²) in [7, 11) is 0. The van der Waals surface area contributed by atoms with Crippen LogP contribution in [0.2, 0.25) is 0 Å². The Labute approximate surface area is 144 Å². The lowest BCUT2D eigenvalue weighted by molar-refractivity contribution is -0.117. The van der Waals surface area contributed by atoms with E-state index in [1.165, 1.54) is 6.08 Å². The summed E-state index contributed by atoms with van der Waals surface area (Å²) in [5, 5.41) is 0.990. The molecule has 2 heterocycles. The average Bonchev–Trinajstić information content (AvgIpc) is 2.96. The molecule has 0 bridgehead atoms. The fraction of sp³-hybridized carbons (Fsp3) is 0.105. The van der Waals surface area contributed by atoms with Gasteiger partial charge in [0.1, 0.15) is 11.5 Å². The minimum absolute atomic E-state index is 0.389. The number of hydrogen-bond donors (Lipinski definition) is 2. The molecule has 0 spiro atoms. The number of hydrogen-bond acceptors (Lipinski definition) is 4. The molecule has 1 aromatic carbocycles. The van der Waals surface area contributed by atoms with E-state index >= 15 is 0 Å². The van der Waals surface area contributed by atoms with Crippen LogP contribution in [0.1, 0.15) is 27.4 Å². The Hall–Kier alpha value is -3.41. The number of para-hydroxylation sites is 1. The van der Waals surface area contributed by atoms with E-state index in [0.29, 0.717) is 17.1 Å². The molecule has 6 nitrogen and oxygen atoms in total. The molecule has 6 heteroatoms. The van der Waals surface area contributed by atoms with E-state index in [4.69, 9.17) is 4.42 Å². The third kappa shape index (κ3) is 3.74. The van der Waals surface area contributed by atoms with Gasteiger partial charge in [-0.25, -0.2) is 0 Å². The van der Waals surface area contributed by atoms with E-state index in [9.17, 15) is 9.59 Å². The van der Waals surface area contributed by atoms with Crippen molar-refractivity contribution in [2.75, 3.05) is 0 Å². The highest BCUT2D eigenvalue weighted by atomic mass is 16.3. The Bertz CT molecular complexity index is 968. The molecule has 2 amide bonds. The maximum absolute atomic E-state index is 12.0. The first-order valence-electron chi connectivity index (χ1n) is 7.74. The van der Waals surface area contributed by atoms with Crippen molar-refractivity contribution in [3.63, 3.8) is 0 Å². The molecule has 0 unspecified atom stereocenters. The lowest BCUT2D eigenvalue weighted by atomic mass is 10.1. The minimum atomic E-state index is -0.445. The van der Waals surface area contributed by atoms with Gasteiger partial charge in [0.05, 0.1) is 11.1 Å². The molecule has 0 atom stereocenters. The molecule has 0 saturated heterocycles. The molecule has 3 rings (SSSR count). The van der Waals surface area contributed by atoms with Gasteiger partial charge in [-0.1, -0.05) is 24.3 Å². The van der Waals surface area contributed by atoms with E-state index in [1.807, 2.05) is 30.3 Å². The van der Waals surface area contributed by atoms with E-state index in [-0.39, 0.29) is 0 Å². The van der Waals surface area contributed by atoms with Crippen LogP contribution in [0.4, 0.5) is 0 Å². The molecule has 0 aliphatic carbocycles. The lowest BCUT2D eigenvalue weighted by Gasteiger charge is -2.04. The van der Waals surface area contributed by atoms with Crippen LogP contribution in [0.3, 0.4) is 0 Å². The largest absolute Gasteiger partial charge is 0.466 e. The molecule has 0 aliphatic heterocycles. The third-order valence-electron chi connectivity index (χ3n) is 3.66. The van der Waals surface area contributed by atoms with E-state index in [0.717, 1.165) is 16.5 Å². The van der Waals surface area contributed by atoms with Gasteiger partial charge in [0, 0.05) is 23.2 Å². The van der Waals surface area contributed by atoms with Crippen LogP contribution in [-0.4, -0.2) is 16.8 Å². The number of benzene rings is 1. The quantitative estimate of drug-likeness (QED) is 0.569. The Kier molecular flexibility index (Phi) is 4.61. The van der Waals surface area contributed by atoms with Gasteiger partial charge in [0.15, 0.2) is 0 Å². The first-order valence-corrected chi connectivity index (χ1v) is 7.74. The van der Waals surface area contributed by atoms with Gasteiger partial charge in [-0.2, -0.15) is 0 Å². The molecule has 25 heavy (non-hydrogen) atoms. The number of nitrogens with zero attached hydrogens (tertiary/aromatic N) is 1. The number of nitrogens with one attached hydrogen (secondary N) is 2. The predicted octanol–water partition coefficient (Wildman–Crippen LogP) is 2.92. The van der Waals surface area contributed by atoms with Crippen molar-refractivity contribution in [1.29, 1.82) is 0 Å². The molecule has 0 radical (unpaired) electrons. The summed E-state index contributed by atoms with van der Waals surface area (Å²) in [6, 6.07) is 11.2. The van der Waals surface area contributed by atoms with Crippen molar-refractivity contribution >= 4 is 28.8 Å². The molecule has 0 fully saturated rings. The standard InChI is InChI=1S/C19H17N3O3/c1-12-11-16(13(2)25-12)19(24)22-21-17(23)9-8-15-6-3-5-14-7-4-10-20-18(14)15/h3-11H,1-2H3,(H,21,23)(H,22,24)/b9-8+. The van der Waals surface area contributed by atoms with Crippen LogP contribution < -0.4 is 10.9 Å². The highest BCUT2D eigenvalue weighted by Crippen LogP contribution is 2.17. The zero-order chi connectivity index (χ0) is 17.8. The number of hydrazine groups is 1. The number of carbonyl (C=O) groups excluding carboxylic acids is 2. The fourth-order valence-electron chi connectivity index (χ4n) is 2.51. The summed E-state index contributed by atoms with van der Waals surface area (Å²) in [5.41, 5.74) is 6.73. The summed E-state index contributed by atoms with van der Waals surface area (Å²) in [4.78, 5) is 28.3. The van der Waals surface area contributed by atoms with Gasteiger partial charge in [-0.15, -0.1) is 0 Å². The number of aryl methyl sites for hydroxylation is 2. The third-order valence-corrected chi connectivity index (χ3v) is 3.66. The van der Waals surface area contributed by atoms with Gasteiger partial charge >= 0.3 is 0 Å². The predicted molar refractivity (Wildman–Crippen MR) is 94.6 cm³/mol. The number of carbonyl (C=O) groups is 2. The van der Waals surface area contributed by atoms with Gasteiger partial charge in [-0.05, 0) is 32.1 Å². The Balaban J connectivity index is 1.65. The van der Waals surface area contributed by atoms with Crippen LogP contribution >= 0.6 is 0 Å². The second-order valence-corrected chi connectivity index (χ2v) is 5.53. The summed E-state index contributed by atoms with van der Waals surface area (Å²) in [5.74, 6) is 0.265. The van der Waals surface area contributed by atoms with Crippen molar-refractivity contribution in [1.82, 2.24) is 15.8 Å². The summed E-state index contributed by atoms with van der Waals surface area (Å²) >= 11 is 0. The second-order valence-electron chi connectivity index (χ2n) is 5.53. The maximum Gasteiger partial charge on any atom is 0.273 e. The summed E-state index contributed by atoms with van der Waals surface area (Å²) in [6.07, 6.45) is 4.70. The van der Waals surface area contributed by atoms with Gasteiger partial charge in [0.25, 0.3) is 11.8 Å². The molecule has 126 valence electrons. The molecule has 2 N–H and O–H groups in total. The topological polar surface area (TPSA) is 84.2 Å². The van der Waals surface area contributed by atoms with Crippen molar-refractivity contribution < 1.29 is 14.0 Å². The summed E-state index contributed by atoms with van der Waals surface area (Å²) in [6.45, 7) is 3.44. The normalized spacial score (nSPS) is 11.0. The monoisotopic (exact) mass is 335 g/mol. The Morgan fingerprint density at radius 1 is 1.12 bits per heavy atom. The van der Waals surface area contributed by atoms with Crippen molar-refractivity contribution in [3.05, 3.63) is 71.3 Å². The number of furan rings is 1. The highest BCUT2D eigenvalue weighted by Gasteiger charge is 2.13. The van der Waals surface area contributed by atoms with Crippen LogP contribution in [0.25, 0.3) is 17.0 Å². The first kappa shape index (κ1) is 16.4. The minimum Gasteiger partial charge on any atom is -0.466 e. The Morgan fingerprint density at radius 2 is 1.92 bits per heavy atom. The molecule has 0 aliphatic rings. The Morgan fingerprint density at radius 3 is 2.68 bits per heavy atom.